The van der Waals surface area contributed by atoms with Crippen LogP contribution >= 0.6 is 23.8 Å². The second kappa shape index (κ2) is 6.18. The predicted octanol–water partition coefficient (Wildman–Crippen LogP) is 1.21. The maximum absolute atomic E-state index is 11.9. The maximum atomic E-state index is 11.9. The molecule has 0 aliphatic rings. The van der Waals surface area contributed by atoms with Gasteiger partial charge in [-0.3, -0.25) is 0 Å². The van der Waals surface area contributed by atoms with Gasteiger partial charge in [-0.1, -0.05) is 11.6 Å². The Morgan fingerprint density at radius 2 is 1.94 bits per heavy atom. The molecule has 0 aromatic heterocycles. The van der Waals surface area contributed by atoms with Gasteiger partial charge >= 0.3 is 0 Å². The number of benzene rings is 1. The van der Waals surface area contributed by atoms with Gasteiger partial charge in [0.15, 0.2) is 14.9 Å². The predicted molar refractivity (Wildman–Crippen MR) is 73.2 cm³/mol. The Balaban J connectivity index is 2.63. The van der Waals surface area contributed by atoms with Crippen LogP contribution in [0.2, 0.25) is 5.02 Å². The van der Waals surface area contributed by atoms with Gasteiger partial charge in [-0.25, -0.2) is 8.42 Å². The third-order valence-electron chi connectivity index (χ3n) is 2.06. The third-order valence-corrected chi connectivity index (χ3v) is 4.39. The monoisotopic (exact) mass is 292 g/mol. The number of sulfone groups is 1. The lowest BCUT2D eigenvalue weighted by Gasteiger charge is -2.07. The molecule has 4 nitrogen and oxygen atoms in total. The molecule has 0 radical (unpaired) electrons. The van der Waals surface area contributed by atoms with Gasteiger partial charge in [-0.05, 0) is 36.5 Å². The van der Waals surface area contributed by atoms with Gasteiger partial charge in [0.25, 0.3) is 0 Å². The van der Waals surface area contributed by atoms with Gasteiger partial charge in [0.05, 0.1) is 10.6 Å². The first kappa shape index (κ1) is 14.2. The van der Waals surface area contributed by atoms with E-state index in [1.165, 1.54) is 12.1 Å². The third kappa shape index (κ3) is 4.49. The molecule has 7 heteroatoms. The summed E-state index contributed by atoms with van der Waals surface area (Å²) in [5.41, 5.74) is 0. The Morgan fingerprint density at radius 1 is 1.35 bits per heavy atom. The number of halogens is 1. The molecule has 0 unspecified atom stereocenters. The van der Waals surface area contributed by atoms with Gasteiger partial charge in [0, 0.05) is 18.6 Å². The molecule has 0 aliphatic carbocycles. The van der Waals surface area contributed by atoms with E-state index in [4.69, 9.17) is 23.8 Å². The Morgan fingerprint density at radius 3 is 2.47 bits per heavy atom. The van der Waals surface area contributed by atoms with Crippen LogP contribution in [0.5, 0.6) is 0 Å². The Kier molecular flexibility index (Phi) is 5.17. The van der Waals surface area contributed by atoms with Crippen molar-refractivity contribution in [1.29, 1.82) is 0 Å². The first-order chi connectivity index (χ1) is 7.95. The molecule has 1 rings (SSSR count). The number of rotatable bonds is 4. The summed E-state index contributed by atoms with van der Waals surface area (Å²) in [6.07, 6.45) is 0. The number of nitrogens with one attached hydrogen (secondary N) is 2. The van der Waals surface area contributed by atoms with Gasteiger partial charge in [0.1, 0.15) is 0 Å². The van der Waals surface area contributed by atoms with Crippen LogP contribution in [-0.2, 0) is 9.84 Å². The average molecular weight is 293 g/mol. The smallest absolute Gasteiger partial charge is 0.180 e. The molecule has 0 atom stereocenters. The fourth-order valence-electron chi connectivity index (χ4n) is 1.15. The van der Waals surface area contributed by atoms with Crippen molar-refractivity contribution < 1.29 is 8.42 Å². The first-order valence-corrected chi connectivity index (χ1v) is 7.33. The summed E-state index contributed by atoms with van der Waals surface area (Å²) in [7, 11) is -1.62. The van der Waals surface area contributed by atoms with Crippen LogP contribution in [0.15, 0.2) is 29.2 Å². The number of thiocarbonyl (C=S) groups is 1. The summed E-state index contributed by atoms with van der Waals surface area (Å²) >= 11 is 10.5. The van der Waals surface area contributed by atoms with Crippen LogP contribution in [0, 0.1) is 0 Å². The molecule has 1 aromatic rings. The summed E-state index contributed by atoms with van der Waals surface area (Å²) in [6.45, 7) is 0.268. The van der Waals surface area contributed by atoms with Crippen molar-refractivity contribution in [2.75, 3.05) is 19.3 Å². The normalized spacial score (nSPS) is 10.9. The molecule has 0 fully saturated rings. The van der Waals surface area contributed by atoms with Crippen LogP contribution in [0.1, 0.15) is 0 Å². The fraction of sp³-hybridized carbons (Fsp3) is 0.300. The zero-order valence-corrected chi connectivity index (χ0v) is 11.6. The largest absolute Gasteiger partial charge is 0.366 e. The van der Waals surface area contributed by atoms with E-state index in [0.717, 1.165) is 0 Å². The summed E-state index contributed by atoms with van der Waals surface area (Å²) in [4.78, 5) is 0.263. The Bertz CT molecular complexity index is 486. The Hall–Kier alpha value is -0.850. The van der Waals surface area contributed by atoms with Crippen LogP contribution in [-0.4, -0.2) is 32.9 Å². The highest BCUT2D eigenvalue weighted by atomic mass is 35.5. The molecule has 0 amide bonds. The molecule has 2 N–H and O–H groups in total. The molecule has 17 heavy (non-hydrogen) atoms. The highest BCUT2D eigenvalue weighted by Gasteiger charge is 2.13. The molecular weight excluding hydrogens is 280 g/mol. The molecule has 94 valence electrons. The van der Waals surface area contributed by atoms with Gasteiger partial charge in [-0.2, -0.15) is 0 Å². The lowest BCUT2D eigenvalue weighted by molar-refractivity contribution is 0.595. The molecule has 1 aromatic carbocycles. The molecule has 0 heterocycles. The van der Waals surface area contributed by atoms with E-state index in [2.05, 4.69) is 10.6 Å². The van der Waals surface area contributed by atoms with Crippen LogP contribution in [0.25, 0.3) is 0 Å². The molecule has 0 bridgehead atoms. The lowest BCUT2D eigenvalue weighted by Crippen LogP contribution is -2.35. The van der Waals surface area contributed by atoms with E-state index in [1.807, 2.05) is 0 Å². The molecular formula is C10H13ClN2O2S2. The molecule has 0 saturated heterocycles. The zero-order chi connectivity index (χ0) is 12.9. The van der Waals surface area contributed by atoms with E-state index >= 15 is 0 Å². The van der Waals surface area contributed by atoms with Crippen molar-refractivity contribution in [3.05, 3.63) is 29.3 Å². The van der Waals surface area contributed by atoms with Crippen LogP contribution in [0.3, 0.4) is 0 Å². The second-order valence-corrected chi connectivity index (χ2v) is 6.23. The summed E-state index contributed by atoms with van der Waals surface area (Å²) in [6, 6.07) is 6.10. The SMILES string of the molecule is CNC(=S)NCCS(=O)(=O)c1ccc(Cl)cc1. The molecule has 0 saturated carbocycles. The fourth-order valence-corrected chi connectivity index (χ4v) is 2.53. The van der Waals surface area contributed by atoms with E-state index in [1.54, 1.807) is 19.2 Å². The average Bonchev–Trinajstić information content (AvgIpc) is 2.29. The standard InChI is InChI=1S/C10H13ClN2O2S2/c1-12-10(16)13-6-7-17(14,15)9-4-2-8(11)3-5-9/h2-5H,6-7H2,1H3,(H2,12,13,16). The van der Waals surface area contributed by atoms with Crippen molar-refractivity contribution in [2.45, 2.75) is 4.90 Å². The minimum Gasteiger partial charge on any atom is -0.366 e. The topological polar surface area (TPSA) is 58.2 Å². The van der Waals surface area contributed by atoms with Gasteiger partial charge in [0.2, 0.25) is 0 Å². The lowest BCUT2D eigenvalue weighted by atomic mass is 10.4. The van der Waals surface area contributed by atoms with Gasteiger partial charge < -0.3 is 10.6 Å². The molecule has 0 spiro atoms. The van der Waals surface area contributed by atoms with Gasteiger partial charge in [-0.15, -0.1) is 0 Å². The van der Waals surface area contributed by atoms with E-state index in [9.17, 15) is 8.42 Å². The first-order valence-electron chi connectivity index (χ1n) is 4.89. The zero-order valence-electron chi connectivity index (χ0n) is 9.23. The van der Waals surface area contributed by atoms with E-state index in [0.29, 0.717) is 10.1 Å². The number of hydrogen-bond acceptors (Lipinski definition) is 3. The number of hydrogen-bond donors (Lipinski definition) is 2. The summed E-state index contributed by atoms with van der Waals surface area (Å²) in [5, 5.41) is 6.43. The van der Waals surface area contributed by atoms with Crippen LogP contribution in [0.4, 0.5) is 0 Å². The minimum atomic E-state index is -3.29. The summed E-state index contributed by atoms with van der Waals surface area (Å²) in [5.74, 6) is -0.0174. The van der Waals surface area contributed by atoms with Crippen molar-refractivity contribution >= 4 is 38.8 Å². The highest BCUT2D eigenvalue weighted by molar-refractivity contribution is 7.91. The van der Waals surface area contributed by atoms with Crippen molar-refractivity contribution in [1.82, 2.24) is 10.6 Å². The van der Waals surface area contributed by atoms with Crippen molar-refractivity contribution in [3.63, 3.8) is 0 Å². The van der Waals surface area contributed by atoms with Crippen LogP contribution < -0.4 is 10.6 Å². The second-order valence-electron chi connectivity index (χ2n) is 3.28. The Labute approximate surface area is 111 Å². The maximum Gasteiger partial charge on any atom is 0.180 e. The van der Waals surface area contributed by atoms with Crippen molar-refractivity contribution in [2.24, 2.45) is 0 Å². The van der Waals surface area contributed by atoms with E-state index in [-0.39, 0.29) is 17.2 Å². The van der Waals surface area contributed by atoms with Crippen molar-refractivity contribution in [3.8, 4) is 0 Å². The molecule has 0 aliphatic heterocycles. The minimum absolute atomic E-state index is 0.0174. The van der Waals surface area contributed by atoms with E-state index < -0.39 is 9.84 Å². The summed E-state index contributed by atoms with van der Waals surface area (Å²) < 4.78 is 23.7. The highest BCUT2D eigenvalue weighted by Crippen LogP contribution is 2.14. The quantitative estimate of drug-likeness (QED) is 0.817.